The molecule has 0 atom stereocenters. The molecule has 5 heteroatoms. The van der Waals surface area contributed by atoms with E-state index in [9.17, 15) is 4.79 Å². The summed E-state index contributed by atoms with van der Waals surface area (Å²) in [4.78, 5) is 17.3. The maximum absolute atomic E-state index is 12.3. The molecule has 1 aliphatic rings. The predicted octanol–water partition coefficient (Wildman–Crippen LogP) is 2.40. The second-order valence-electron chi connectivity index (χ2n) is 4.32. The molecule has 1 N–H and O–H groups in total. The van der Waals surface area contributed by atoms with Gasteiger partial charge in [0.2, 0.25) is 0 Å². The maximum atomic E-state index is 12.3. The van der Waals surface area contributed by atoms with Crippen LogP contribution in [-0.4, -0.2) is 42.1 Å². The molecular formula is C13H13BrN2O2. The van der Waals surface area contributed by atoms with Crippen molar-refractivity contribution in [2.75, 3.05) is 26.3 Å². The second kappa shape index (κ2) is 4.74. The number of halogens is 1. The molecule has 1 aromatic carbocycles. The van der Waals surface area contributed by atoms with Gasteiger partial charge >= 0.3 is 0 Å². The SMILES string of the molecule is O=C(c1cc2cc(Br)ccc2[nH]1)N1CCOCC1. The fourth-order valence-corrected chi connectivity index (χ4v) is 2.53. The van der Waals surface area contributed by atoms with Gasteiger partial charge < -0.3 is 14.6 Å². The summed E-state index contributed by atoms with van der Waals surface area (Å²) in [5, 5.41) is 1.04. The van der Waals surface area contributed by atoms with Crippen LogP contribution in [-0.2, 0) is 4.74 Å². The highest BCUT2D eigenvalue weighted by molar-refractivity contribution is 9.10. The summed E-state index contributed by atoms with van der Waals surface area (Å²) < 4.78 is 6.26. The highest BCUT2D eigenvalue weighted by Crippen LogP contribution is 2.21. The number of aromatic nitrogens is 1. The highest BCUT2D eigenvalue weighted by Gasteiger charge is 2.19. The van der Waals surface area contributed by atoms with E-state index < -0.39 is 0 Å². The van der Waals surface area contributed by atoms with E-state index in [0.29, 0.717) is 32.0 Å². The monoisotopic (exact) mass is 308 g/mol. The Bertz CT molecular complexity index is 588. The van der Waals surface area contributed by atoms with Gasteiger partial charge in [0.15, 0.2) is 0 Å². The van der Waals surface area contributed by atoms with Gasteiger partial charge in [0, 0.05) is 28.5 Å². The molecule has 1 amide bonds. The molecule has 0 aliphatic carbocycles. The summed E-state index contributed by atoms with van der Waals surface area (Å²) in [5.41, 5.74) is 1.62. The zero-order valence-corrected chi connectivity index (χ0v) is 11.4. The Kier molecular flexibility index (Phi) is 3.09. The number of hydrogen-bond acceptors (Lipinski definition) is 2. The molecule has 1 aliphatic heterocycles. The molecule has 0 unspecified atom stereocenters. The zero-order valence-electron chi connectivity index (χ0n) is 9.78. The van der Waals surface area contributed by atoms with Gasteiger partial charge in [-0.2, -0.15) is 0 Å². The Labute approximate surface area is 113 Å². The van der Waals surface area contributed by atoms with Crippen molar-refractivity contribution in [1.82, 2.24) is 9.88 Å². The van der Waals surface area contributed by atoms with Crippen molar-refractivity contribution in [1.29, 1.82) is 0 Å². The lowest BCUT2D eigenvalue weighted by atomic mass is 10.2. The third-order valence-corrected chi connectivity index (χ3v) is 3.60. The van der Waals surface area contributed by atoms with E-state index in [-0.39, 0.29) is 5.91 Å². The standard InChI is InChI=1S/C13H13BrN2O2/c14-10-1-2-11-9(7-10)8-12(15-11)13(17)16-3-5-18-6-4-16/h1-2,7-8,15H,3-6H2. The maximum Gasteiger partial charge on any atom is 0.270 e. The van der Waals surface area contributed by atoms with Crippen molar-refractivity contribution in [2.45, 2.75) is 0 Å². The molecule has 3 rings (SSSR count). The number of nitrogens with zero attached hydrogens (tertiary/aromatic N) is 1. The fourth-order valence-electron chi connectivity index (χ4n) is 2.16. The number of hydrogen-bond donors (Lipinski definition) is 1. The van der Waals surface area contributed by atoms with E-state index in [1.165, 1.54) is 0 Å². The topological polar surface area (TPSA) is 45.3 Å². The third-order valence-electron chi connectivity index (χ3n) is 3.11. The number of H-pyrrole nitrogens is 1. The van der Waals surface area contributed by atoms with Crippen molar-refractivity contribution in [2.24, 2.45) is 0 Å². The first-order chi connectivity index (χ1) is 8.74. The molecule has 0 radical (unpaired) electrons. The minimum atomic E-state index is 0.0469. The zero-order chi connectivity index (χ0) is 12.5. The van der Waals surface area contributed by atoms with Gasteiger partial charge in [-0.25, -0.2) is 0 Å². The lowest BCUT2D eigenvalue weighted by molar-refractivity contribution is 0.0299. The fraction of sp³-hybridized carbons (Fsp3) is 0.308. The van der Waals surface area contributed by atoms with Gasteiger partial charge in [-0.05, 0) is 24.3 Å². The van der Waals surface area contributed by atoms with Crippen LogP contribution in [0.25, 0.3) is 10.9 Å². The number of morpholine rings is 1. The van der Waals surface area contributed by atoms with E-state index in [1.807, 2.05) is 29.2 Å². The average molecular weight is 309 g/mol. The number of benzene rings is 1. The van der Waals surface area contributed by atoms with Crippen LogP contribution >= 0.6 is 15.9 Å². The lowest BCUT2D eigenvalue weighted by Crippen LogP contribution is -2.40. The summed E-state index contributed by atoms with van der Waals surface area (Å²) in [7, 11) is 0. The number of nitrogens with one attached hydrogen (secondary N) is 1. The second-order valence-corrected chi connectivity index (χ2v) is 5.23. The normalized spacial score (nSPS) is 16.2. The van der Waals surface area contributed by atoms with Gasteiger partial charge in [0.25, 0.3) is 5.91 Å². The van der Waals surface area contributed by atoms with Crippen molar-refractivity contribution >= 4 is 32.7 Å². The number of ether oxygens (including phenoxy) is 1. The smallest absolute Gasteiger partial charge is 0.270 e. The van der Waals surface area contributed by atoms with Gasteiger partial charge in [-0.1, -0.05) is 15.9 Å². The summed E-state index contributed by atoms with van der Waals surface area (Å²) in [5.74, 6) is 0.0469. The van der Waals surface area contributed by atoms with E-state index >= 15 is 0 Å². The molecule has 1 aromatic heterocycles. The summed E-state index contributed by atoms with van der Waals surface area (Å²) in [6.45, 7) is 2.57. The van der Waals surface area contributed by atoms with E-state index in [4.69, 9.17) is 4.74 Å². The van der Waals surface area contributed by atoms with E-state index in [2.05, 4.69) is 20.9 Å². The number of rotatable bonds is 1. The molecule has 18 heavy (non-hydrogen) atoms. The summed E-state index contributed by atoms with van der Waals surface area (Å²) in [6.07, 6.45) is 0. The quantitative estimate of drug-likeness (QED) is 0.879. The predicted molar refractivity (Wildman–Crippen MR) is 72.7 cm³/mol. The van der Waals surface area contributed by atoms with Crippen LogP contribution in [0.2, 0.25) is 0 Å². The van der Waals surface area contributed by atoms with Crippen molar-refractivity contribution < 1.29 is 9.53 Å². The van der Waals surface area contributed by atoms with Crippen molar-refractivity contribution in [3.05, 3.63) is 34.4 Å². The lowest BCUT2D eigenvalue weighted by Gasteiger charge is -2.26. The molecule has 94 valence electrons. The van der Waals surface area contributed by atoms with Gasteiger partial charge in [-0.3, -0.25) is 4.79 Å². The van der Waals surface area contributed by atoms with Crippen molar-refractivity contribution in [3.63, 3.8) is 0 Å². The third kappa shape index (κ3) is 2.15. The minimum absolute atomic E-state index is 0.0469. The van der Waals surface area contributed by atoms with Gasteiger partial charge in [0.1, 0.15) is 5.69 Å². The molecule has 1 saturated heterocycles. The largest absolute Gasteiger partial charge is 0.378 e. The Morgan fingerprint density at radius 2 is 2.06 bits per heavy atom. The summed E-state index contributed by atoms with van der Waals surface area (Å²) in [6, 6.07) is 7.83. The first-order valence-electron chi connectivity index (χ1n) is 5.89. The number of aromatic amines is 1. The van der Waals surface area contributed by atoms with E-state index in [0.717, 1.165) is 15.4 Å². The molecule has 1 fully saturated rings. The Morgan fingerprint density at radius 3 is 2.83 bits per heavy atom. The molecule has 4 nitrogen and oxygen atoms in total. The Hall–Kier alpha value is -1.33. The number of carbonyl (C=O) groups excluding carboxylic acids is 1. The first kappa shape index (κ1) is 11.7. The molecule has 0 bridgehead atoms. The number of fused-ring (bicyclic) bond motifs is 1. The minimum Gasteiger partial charge on any atom is -0.378 e. The average Bonchev–Trinajstić information content (AvgIpc) is 2.81. The summed E-state index contributed by atoms with van der Waals surface area (Å²) >= 11 is 3.43. The van der Waals surface area contributed by atoms with Gasteiger partial charge in [0.05, 0.1) is 13.2 Å². The van der Waals surface area contributed by atoms with Crippen LogP contribution in [0.1, 0.15) is 10.5 Å². The van der Waals surface area contributed by atoms with Crippen molar-refractivity contribution in [3.8, 4) is 0 Å². The molecule has 0 spiro atoms. The Morgan fingerprint density at radius 1 is 1.28 bits per heavy atom. The number of carbonyl (C=O) groups is 1. The van der Waals surface area contributed by atoms with Crippen LogP contribution in [0.4, 0.5) is 0 Å². The van der Waals surface area contributed by atoms with Gasteiger partial charge in [-0.15, -0.1) is 0 Å². The van der Waals surface area contributed by atoms with Crippen LogP contribution in [0, 0.1) is 0 Å². The Balaban J connectivity index is 1.91. The molecule has 0 saturated carbocycles. The first-order valence-corrected chi connectivity index (χ1v) is 6.68. The van der Waals surface area contributed by atoms with Crippen LogP contribution in [0.3, 0.4) is 0 Å². The highest BCUT2D eigenvalue weighted by atomic mass is 79.9. The number of amides is 1. The van der Waals surface area contributed by atoms with Crippen LogP contribution in [0.5, 0.6) is 0 Å². The van der Waals surface area contributed by atoms with Crippen LogP contribution in [0.15, 0.2) is 28.7 Å². The van der Waals surface area contributed by atoms with Crippen LogP contribution < -0.4 is 0 Å². The van der Waals surface area contributed by atoms with E-state index in [1.54, 1.807) is 0 Å². The molecule has 2 heterocycles. The molecular weight excluding hydrogens is 296 g/mol. The molecule has 2 aromatic rings.